The Balaban J connectivity index is 1.89. The molecule has 0 aliphatic heterocycles. The first-order valence-corrected chi connectivity index (χ1v) is 10.1. The topological polar surface area (TPSA) is 33.1 Å². The Bertz CT molecular complexity index is 830. The molecule has 25 heavy (non-hydrogen) atoms. The molecule has 1 aromatic heterocycles. The molecule has 0 amide bonds. The third-order valence-electron chi connectivity index (χ3n) is 3.72. The molecule has 0 saturated carbocycles. The van der Waals surface area contributed by atoms with Crippen LogP contribution in [-0.2, 0) is 0 Å². The predicted molar refractivity (Wildman–Crippen MR) is 110 cm³/mol. The summed E-state index contributed by atoms with van der Waals surface area (Å²) in [6, 6.07) is 20.3. The lowest BCUT2D eigenvalue weighted by Crippen LogP contribution is -2.20. The minimum atomic E-state index is -0.569. The number of rotatable bonds is 5. The van der Waals surface area contributed by atoms with Gasteiger partial charge < -0.3 is 5.11 Å². The van der Waals surface area contributed by atoms with Gasteiger partial charge in [-0.1, -0.05) is 75.0 Å². The molecule has 0 bridgehead atoms. The quantitative estimate of drug-likeness (QED) is 0.447. The van der Waals surface area contributed by atoms with Crippen LogP contribution >= 0.6 is 23.5 Å². The van der Waals surface area contributed by atoms with Crippen molar-refractivity contribution in [3.8, 4) is 0 Å². The fourth-order valence-electron chi connectivity index (χ4n) is 2.59. The van der Waals surface area contributed by atoms with Gasteiger partial charge in [0.2, 0.25) is 0 Å². The highest BCUT2D eigenvalue weighted by Crippen LogP contribution is 2.44. The van der Waals surface area contributed by atoms with Crippen molar-refractivity contribution >= 4 is 34.3 Å². The summed E-state index contributed by atoms with van der Waals surface area (Å²) in [6.07, 6.45) is 1.23. The standard InChI is InChI=1S/C21H23NOS2/c1-21(2,3)25-20(24-18-10-6-7-13-22-18)19(23)17-12-11-15-8-4-5-9-16(15)14-17/h4-14,19-20,23H,1-3H3/t19-,20-/m1/s1. The normalized spacial score (nSPS) is 14.4. The second kappa shape index (κ2) is 7.81. The van der Waals surface area contributed by atoms with Crippen molar-refractivity contribution in [1.29, 1.82) is 0 Å². The van der Waals surface area contributed by atoms with Crippen LogP contribution in [0.15, 0.2) is 71.9 Å². The van der Waals surface area contributed by atoms with Crippen molar-refractivity contribution in [2.24, 2.45) is 0 Å². The average Bonchev–Trinajstić information content (AvgIpc) is 2.60. The molecular weight excluding hydrogens is 346 g/mol. The molecule has 1 N–H and O–H groups in total. The van der Waals surface area contributed by atoms with Crippen LogP contribution < -0.4 is 0 Å². The summed E-state index contributed by atoms with van der Waals surface area (Å²) in [5, 5.41) is 14.4. The van der Waals surface area contributed by atoms with E-state index in [1.807, 2.05) is 36.4 Å². The van der Waals surface area contributed by atoms with E-state index in [1.165, 1.54) is 5.39 Å². The van der Waals surface area contributed by atoms with Crippen LogP contribution in [-0.4, -0.2) is 19.4 Å². The Kier molecular flexibility index (Phi) is 5.72. The number of benzene rings is 2. The Hall–Kier alpha value is -1.49. The Morgan fingerprint density at radius 3 is 2.32 bits per heavy atom. The van der Waals surface area contributed by atoms with E-state index in [0.29, 0.717) is 0 Å². The van der Waals surface area contributed by atoms with Gasteiger partial charge >= 0.3 is 0 Å². The highest BCUT2D eigenvalue weighted by molar-refractivity contribution is 8.17. The molecule has 3 rings (SSSR count). The Labute approximate surface area is 158 Å². The maximum absolute atomic E-state index is 11.1. The van der Waals surface area contributed by atoms with E-state index < -0.39 is 6.10 Å². The summed E-state index contributed by atoms with van der Waals surface area (Å²) < 4.78 is 0.0145. The largest absolute Gasteiger partial charge is 0.386 e. The number of aliphatic hydroxyl groups excluding tert-OH is 1. The highest BCUT2D eigenvalue weighted by Gasteiger charge is 2.28. The molecule has 0 saturated heterocycles. The number of thioether (sulfide) groups is 2. The lowest BCUT2D eigenvalue weighted by atomic mass is 10.0. The molecule has 0 spiro atoms. The van der Waals surface area contributed by atoms with Crippen molar-refractivity contribution in [2.75, 3.05) is 0 Å². The number of hydrogen-bond donors (Lipinski definition) is 1. The van der Waals surface area contributed by atoms with Gasteiger partial charge in [0.15, 0.2) is 0 Å². The molecular formula is C21H23NOS2. The summed E-state index contributed by atoms with van der Waals surface area (Å²) in [6.45, 7) is 6.53. The van der Waals surface area contributed by atoms with Gasteiger partial charge in [-0.05, 0) is 34.5 Å². The number of aliphatic hydroxyl groups is 1. The van der Waals surface area contributed by atoms with E-state index in [-0.39, 0.29) is 9.33 Å². The molecule has 2 atom stereocenters. The molecule has 2 nitrogen and oxygen atoms in total. The van der Waals surface area contributed by atoms with E-state index in [2.05, 4.69) is 50.0 Å². The SMILES string of the molecule is CC(C)(C)S[C@@H](Sc1ccccn1)[C@H](O)c1ccc2ccccc2c1. The van der Waals surface area contributed by atoms with Crippen LogP contribution in [0.4, 0.5) is 0 Å². The minimum absolute atomic E-state index is 0.0314. The lowest BCUT2D eigenvalue weighted by Gasteiger charge is -2.29. The third-order valence-corrected chi connectivity index (χ3v) is 6.46. The summed E-state index contributed by atoms with van der Waals surface area (Å²) in [5.41, 5.74) is 0.948. The highest BCUT2D eigenvalue weighted by atomic mass is 32.2. The molecule has 0 unspecified atom stereocenters. The van der Waals surface area contributed by atoms with Crippen LogP contribution in [0.5, 0.6) is 0 Å². The zero-order chi connectivity index (χ0) is 17.9. The first kappa shape index (κ1) is 18.3. The molecule has 2 aromatic carbocycles. The van der Waals surface area contributed by atoms with Crippen LogP contribution in [0, 0.1) is 0 Å². The van der Waals surface area contributed by atoms with Gasteiger partial charge in [0.25, 0.3) is 0 Å². The lowest BCUT2D eigenvalue weighted by molar-refractivity contribution is 0.196. The molecule has 1 heterocycles. The van der Waals surface area contributed by atoms with Gasteiger partial charge in [0.1, 0.15) is 6.10 Å². The molecule has 0 aliphatic carbocycles. The monoisotopic (exact) mass is 369 g/mol. The third kappa shape index (κ3) is 5.00. The fourth-order valence-corrected chi connectivity index (χ4v) is 5.73. The smallest absolute Gasteiger partial charge is 0.100 e. The van der Waals surface area contributed by atoms with Crippen molar-refractivity contribution in [3.05, 3.63) is 72.4 Å². The van der Waals surface area contributed by atoms with Crippen LogP contribution in [0.1, 0.15) is 32.4 Å². The van der Waals surface area contributed by atoms with Gasteiger partial charge in [0.05, 0.1) is 9.61 Å². The van der Waals surface area contributed by atoms with E-state index in [0.717, 1.165) is 16.0 Å². The molecule has 0 fully saturated rings. The summed E-state index contributed by atoms with van der Waals surface area (Å²) in [7, 11) is 0. The number of nitrogens with zero attached hydrogens (tertiary/aromatic N) is 1. The minimum Gasteiger partial charge on any atom is -0.386 e. The van der Waals surface area contributed by atoms with E-state index >= 15 is 0 Å². The van der Waals surface area contributed by atoms with E-state index in [4.69, 9.17) is 0 Å². The first-order valence-electron chi connectivity index (χ1n) is 8.35. The molecule has 3 aromatic rings. The number of fused-ring (bicyclic) bond motifs is 1. The van der Waals surface area contributed by atoms with Gasteiger partial charge in [-0.3, -0.25) is 0 Å². The second-order valence-electron chi connectivity index (χ2n) is 6.94. The maximum atomic E-state index is 11.1. The van der Waals surface area contributed by atoms with Crippen molar-refractivity contribution in [1.82, 2.24) is 4.98 Å². The number of aromatic nitrogens is 1. The zero-order valence-corrected chi connectivity index (χ0v) is 16.3. The van der Waals surface area contributed by atoms with Crippen molar-refractivity contribution in [3.63, 3.8) is 0 Å². The number of pyridine rings is 1. The van der Waals surface area contributed by atoms with E-state index in [1.54, 1.807) is 29.7 Å². The predicted octanol–water partition coefficient (Wildman–Crippen LogP) is 5.92. The van der Waals surface area contributed by atoms with Gasteiger partial charge in [0, 0.05) is 10.9 Å². The van der Waals surface area contributed by atoms with Gasteiger partial charge in [-0.2, -0.15) is 0 Å². The fraction of sp³-hybridized carbons (Fsp3) is 0.286. The van der Waals surface area contributed by atoms with Crippen molar-refractivity contribution in [2.45, 2.75) is 41.2 Å². The summed E-state index contributed by atoms with van der Waals surface area (Å²) >= 11 is 3.40. The van der Waals surface area contributed by atoms with Gasteiger partial charge in [-0.25, -0.2) is 4.98 Å². The summed E-state index contributed by atoms with van der Waals surface area (Å²) in [5.74, 6) is 0. The Morgan fingerprint density at radius 1 is 0.920 bits per heavy atom. The van der Waals surface area contributed by atoms with Gasteiger partial charge in [-0.15, -0.1) is 11.8 Å². The number of hydrogen-bond acceptors (Lipinski definition) is 4. The maximum Gasteiger partial charge on any atom is 0.100 e. The zero-order valence-electron chi connectivity index (χ0n) is 14.7. The van der Waals surface area contributed by atoms with Crippen LogP contribution in [0.25, 0.3) is 10.8 Å². The van der Waals surface area contributed by atoms with Crippen LogP contribution in [0.3, 0.4) is 0 Å². The molecule has 130 valence electrons. The molecule has 0 radical (unpaired) electrons. The average molecular weight is 370 g/mol. The van der Waals surface area contributed by atoms with Crippen molar-refractivity contribution < 1.29 is 5.11 Å². The molecule has 0 aliphatic rings. The van der Waals surface area contributed by atoms with Crippen LogP contribution in [0.2, 0.25) is 0 Å². The molecule has 4 heteroatoms. The second-order valence-corrected chi connectivity index (χ2v) is 10.4. The summed E-state index contributed by atoms with van der Waals surface area (Å²) in [4.78, 5) is 4.41. The Morgan fingerprint density at radius 2 is 1.64 bits per heavy atom. The van der Waals surface area contributed by atoms with E-state index in [9.17, 15) is 5.11 Å². The first-order chi connectivity index (χ1) is 11.9.